The monoisotopic (exact) mass is 1260 g/mol. The second-order valence-electron chi connectivity index (χ2n) is 24.4. The molecule has 3 amide bonds. The van der Waals surface area contributed by atoms with Crippen molar-refractivity contribution in [1.29, 1.82) is 0 Å². The molecule has 0 saturated carbocycles. The van der Waals surface area contributed by atoms with Crippen LogP contribution in [-0.2, 0) is 52.2 Å². The van der Waals surface area contributed by atoms with Gasteiger partial charge in [0.25, 0.3) is 0 Å². The Kier molecular flexibility index (Phi) is 63.0. The smallest absolute Gasteiger partial charge is 0.407 e. The fourth-order valence-electron chi connectivity index (χ4n) is 10.6. The highest BCUT2D eigenvalue weighted by Gasteiger charge is 2.44. The SMILES string of the molecule is CCCCCCCCCCCCCCCCCCOC[C@@H](COC(=O)NCCCCCC(=O)NCCCOCCOCCCCCC(=O)NCCOCCOCCO[C@H]1OC(CO)[C@@H](O)C(O)C1O)OCCCCCCCCCCCCCCCCCC. The number of hydrogen-bond acceptors (Lipinski definition) is 16. The molecule has 0 aromatic heterocycles. The maximum absolute atomic E-state index is 12.6. The van der Waals surface area contributed by atoms with Gasteiger partial charge in [0.15, 0.2) is 6.29 Å². The van der Waals surface area contributed by atoms with Crippen molar-refractivity contribution in [2.45, 2.75) is 314 Å². The number of carbonyl (C=O) groups is 3. The van der Waals surface area contributed by atoms with E-state index in [4.69, 9.17) is 42.6 Å². The van der Waals surface area contributed by atoms with Crippen molar-refractivity contribution in [2.24, 2.45) is 0 Å². The van der Waals surface area contributed by atoms with E-state index in [9.17, 15) is 34.8 Å². The number of aliphatic hydroxyl groups excluding tert-OH is 4. The van der Waals surface area contributed by atoms with E-state index in [1.165, 1.54) is 186 Å². The summed E-state index contributed by atoms with van der Waals surface area (Å²) in [4.78, 5) is 37.1. The molecule has 1 heterocycles. The molecular weight excluding hydrogens is 1130 g/mol. The number of alkyl carbamates (subject to hydrolysis) is 1. The summed E-state index contributed by atoms with van der Waals surface area (Å²) in [6, 6.07) is 0. The second kappa shape index (κ2) is 66.2. The van der Waals surface area contributed by atoms with Crippen LogP contribution in [0.5, 0.6) is 0 Å². The van der Waals surface area contributed by atoms with Gasteiger partial charge in [0.2, 0.25) is 11.8 Å². The summed E-state index contributed by atoms with van der Waals surface area (Å²) in [7, 11) is 0. The van der Waals surface area contributed by atoms with E-state index in [2.05, 4.69) is 29.8 Å². The highest BCUT2D eigenvalue weighted by Crippen LogP contribution is 2.22. The van der Waals surface area contributed by atoms with Crippen LogP contribution in [0.1, 0.15) is 277 Å². The van der Waals surface area contributed by atoms with Gasteiger partial charge in [-0.15, -0.1) is 0 Å². The number of rotatable bonds is 69. The molecule has 88 heavy (non-hydrogen) atoms. The van der Waals surface area contributed by atoms with Crippen LogP contribution in [0, 0.1) is 0 Å². The first-order valence-electron chi connectivity index (χ1n) is 36.1. The number of amides is 3. The first-order valence-corrected chi connectivity index (χ1v) is 36.1. The zero-order valence-electron chi connectivity index (χ0n) is 56.2. The zero-order chi connectivity index (χ0) is 63.7. The first-order chi connectivity index (χ1) is 43.2. The van der Waals surface area contributed by atoms with Gasteiger partial charge >= 0.3 is 6.09 Å². The van der Waals surface area contributed by atoms with Gasteiger partial charge in [0, 0.05) is 58.9 Å². The molecule has 522 valence electrons. The summed E-state index contributed by atoms with van der Waals surface area (Å²) in [5.74, 6) is -0.0134. The van der Waals surface area contributed by atoms with E-state index in [1.807, 2.05) is 0 Å². The molecule has 0 radical (unpaired) electrons. The van der Waals surface area contributed by atoms with Crippen LogP contribution in [-0.4, -0.2) is 187 Å². The predicted octanol–water partition coefficient (Wildman–Crippen LogP) is 12.3. The van der Waals surface area contributed by atoms with Gasteiger partial charge in [-0.2, -0.15) is 0 Å². The molecule has 3 unspecified atom stereocenters. The highest BCUT2D eigenvalue weighted by molar-refractivity contribution is 5.76. The van der Waals surface area contributed by atoms with Gasteiger partial charge < -0.3 is 79.0 Å². The lowest BCUT2D eigenvalue weighted by Crippen LogP contribution is -2.59. The van der Waals surface area contributed by atoms with Gasteiger partial charge in [-0.25, -0.2) is 4.79 Å². The Morgan fingerprint density at radius 2 is 0.761 bits per heavy atom. The van der Waals surface area contributed by atoms with Crippen molar-refractivity contribution in [3.05, 3.63) is 0 Å². The lowest BCUT2D eigenvalue weighted by atomic mass is 9.99. The van der Waals surface area contributed by atoms with Crippen molar-refractivity contribution in [1.82, 2.24) is 16.0 Å². The van der Waals surface area contributed by atoms with E-state index < -0.39 is 43.4 Å². The highest BCUT2D eigenvalue weighted by atomic mass is 16.7. The zero-order valence-corrected chi connectivity index (χ0v) is 56.2. The Balaban J connectivity index is 2.05. The number of carbonyl (C=O) groups excluding carboxylic acids is 3. The quantitative estimate of drug-likeness (QED) is 0.0280. The molecule has 19 heteroatoms. The van der Waals surface area contributed by atoms with Gasteiger partial charge in [0.1, 0.15) is 37.1 Å². The van der Waals surface area contributed by atoms with E-state index in [0.717, 1.165) is 57.8 Å². The number of unbranched alkanes of at least 4 members (excludes halogenated alkanes) is 34. The van der Waals surface area contributed by atoms with E-state index in [-0.39, 0.29) is 37.7 Å². The summed E-state index contributed by atoms with van der Waals surface area (Å²) in [6.45, 7) is 10.7. The Labute approximate surface area is 535 Å². The summed E-state index contributed by atoms with van der Waals surface area (Å²) < 4.78 is 50.7. The topological polar surface area (TPSA) is 251 Å². The van der Waals surface area contributed by atoms with Crippen molar-refractivity contribution in [3.8, 4) is 0 Å². The third-order valence-electron chi connectivity index (χ3n) is 16.2. The lowest BCUT2D eigenvalue weighted by Gasteiger charge is -2.39. The summed E-state index contributed by atoms with van der Waals surface area (Å²) in [5, 5.41) is 47.6. The Morgan fingerprint density at radius 1 is 0.375 bits per heavy atom. The molecule has 1 aliphatic heterocycles. The minimum atomic E-state index is -1.49. The van der Waals surface area contributed by atoms with Crippen molar-refractivity contribution in [2.75, 3.05) is 112 Å². The minimum absolute atomic E-state index is 0.0175. The molecule has 0 aromatic carbocycles. The molecule has 7 N–H and O–H groups in total. The predicted molar refractivity (Wildman–Crippen MR) is 350 cm³/mol. The molecule has 0 aliphatic carbocycles. The molecule has 0 spiro atoms. The van der Waals surface area contributed by atoms with Crippen LogP contribution < -0.4 is 16.0 Å². The van der Waals surface area contributed by atoms with Crippen LogP contribution in [0.15, 0.2) is 0 Å². The molecule has 0 bridgehead atoms. The van der Waals surface area contributed by atoms with Gasteiger partial charge in [-0.05, 0) is 44.9 Å². The lowest BCUT2D eigenvalue weighted by molar-refractivity contribution is -0.302. The Bertz CT molecular complexity index is 1490. The number of nitrogens with one attached hydrogen (secondary N) is 3. The number of aliphatic hydroxyl groups is 4. The standard InChI is InChI=1S/C69H135N3O16/c1-3-5-7-9-11-13-15-17-19-21-23-25-27-29-31-38-48-84-59-61(85-50-40-32-30-28-26-24-22-20-18-16-14-12-10-8-6-4-2)60-87-69(79)72-44-37-33-35-42-63(74)70-45-41-49-81-53-52-80-47-39-34-36-43-64(75)71-46-51-82-54-55-83-56-57-86-68-67(78)66(77)65(76)62(58-73)88-68/h61-62,65-68,73,76-78H,3-60H2,1-2H3,(H,70,74)(H,71,75)(H,72,79)/t61-,62?,65+,66?,67?,68-/m0/s1. The molecular formula is C69H135N3O16. The van der Waals surface area contributed by atoms with Crippen LogP contribution in [0.3, 0.4) is 0 Å². The Morgan fingerprint density at radius 3 is 1.26 bits per heavy atom. The van der Waals surface area contributed by atoms with Gasteiger partial charge in [-0.3, -0.25) is 9.59 Å². The van der Waals surface area contributed by atoms with Crippen molar-refractivity contribution < 1.29 is 77.4 Å². The molecule has 1 saturated heterocycles. The Hall–Kier alpha value is -2.27. The maximum Gasteiger partial charge on any atom is 0.407 e. The average molecular weight is 1260 g/mol. The first kappa shape index (κ1) is 83.7. The van der Waals surface area contributed by atoms with Gasteiger partial charge in [-0.1, -0.05) is 219 Å². The van der Waals surface area contributed by atoms with Gasteiger partial charge in [0.05, 0.1) is 59.5 Å². The van der Waals surface area contributed by atoms with E-state index >= 15 is 0 Å². The van der Waals surface area contributed by atoms with Crippen LogP contribution in [0.2, 0.25) is 0 Å². The summed E-state index contributed by atoms with van der Waals surface area (Å²) in [6.07, 6.45) is 41.9. The normalized spacial score (nSPS) is 17.1. The average Bonchev–Trinajstić information content (AvgIpc) is 3.69. The third kappa shape index (κ3) is 55.4. The van der Waals surface area contributed by atoms with E-state index in [0.29, 0.717) is 105 Å². The third-order valence-corrected chi connectivity index (χ3v) is 16.2. The fourth-order valence-corrected chi connectivity index (χ4v) is 10.6. The number of ether oxygens (including phenoxy) is 9. The minimum Gasteiger partial charge on any atom is -0.447 e. The van der Waals surface area contributed by atoms with E-state index in [1.54, 1.807) is 0 Å². The molecule has 19 nitrogen and oxygen atoms in total. The maximum atomic E-state index is 12.6. The second-order valence-corrected chi connectivity index (χ2v) is 24.4. The van der Waals surface area contributed by atoms with Crippen molar-refractivity contribution >= 4 is 17.9 Å². The molecule has 1 aliphatic rings. The molecule has 0 aromatic rings. The number of hydrogen-bond donors (Lipinski definition) is 7. The molecule has 1 rings (SSSR count). The largest absolute Gasteiger partial charge is 0.447 e. The van der Waals surface area contributed by atoms with Crippen LogP contribution in [0.25, 0.3) is 0 Å². The fraction of sp³-hybridized carbons (Fsp3) is 0.957. The molecule has 1 fully saturated rings. The van der Waals surface area contributed by atoms with Crippen molar-refractivity contribution in [3.63, 3.8) is 0 Å². The summed E-state index contributed by atoms with van der Waals surface area (Å²) >= 11 is 0. The van der Waals surface area contributed by atoms with Crippen LogP contribution in [0.4, 0.5) is 4.79 Å². The summed E-state index contributed by atoms with van der Waals surface area (Å²) in [5.41, 5.74) is 0. The molecule has 6 atom stereocenters. The van der Waals surface area contributed by atoms with Crippen LogP contribution >= 0.6 is 0 Å².